The smallest absolute Gasteiger partial charge is 0.257 e. The molecular weight excluding hydrogens is 350 g/mol. The summed E-state index contributed by atoms with van der Waals surface area (Å²) >= 11 is 1.35. The average molecular weight is 367 g/mol. The molecule has 0 saturated heterocycles. The SMILES string of the molecule is O=C(CCOc1ccccc1)Nc1ccc(C(=O)Nc2nccs2)cc1. The minimum absolute atomic E-state index is 0.152. The van der Waals surface area contributed by atoms with E-state index in [1.165, 1.54) is 11.3 Å². The molecule has 0 unspecified atom stereocenters. The summed E-state index contributed by atoms with van der Waals surface area (Å²) in [7, 11) is 0. The predicted molar refractivity (Wildman–Crippen MR) is 102 cm³/mol. The third-order valence-corrected chi connectivity index (χ3v) is 4.11. The molecule has 1 aromatic heterocycles. The zero-order valence-electron chi connectivity index (χ0n) is 13.8. The van der Waals surface area contributed by atoms with Gasteiger partial charge in [0.15, 0.2) is 5.13 Å². The van der Waals surface area contributed by atoms with Crippen molar-refractivity contribution in [1.82, 2.24) is 4.98 Å². The monoisotopic (exact) mass is 367 g/mol. The molecule has 0 bridgehead atoms. The van der Waals surface area contributed by atoms with Crippen LogP contribution in [0.5, 0.6) is 5.75 Å². The number of hydrogen-bond acceptors (Lipinski definition) is 5. The quantitative estimate of drug-likeness (QED) is 0.665. The molecule has 0 spiro atoms. The number of hydrogen-bond donors (Lipinski definition) is 2. The van der Waals surface area contributed by atoms with Gasteiger partial charge in [0.2, 0.25) is 5.91 Å². The first-order valence-corrected chi connectivity index (χ1v) is 8.87. The summed E-state index contributed by atoms with van der Waals surface area (Å²) in [4.78, 5) is 28.0. The fourth-order valence-corrected chi connectivity index (χ4v) is 2.69. The molecule has 132 valence electrons. The predicted octanol–water partition coefficient (Wildman–Crippen LogP) is 3.80. The van der Waals surface area contributed by atoms with Crippen molar-refractivity contribution >= 4 is 34.0 Å². The average Bonchev–Trinajstić information content (AvgIpc) is 3.16. The summed E-state index contributed by atoms with van der Waals surface area (Å²) < 4.78 is 5.50. The van der Waals surface area contributed by atoms with E-state index in [-0.39, 0.29) is 18.2 Å². The van der Waals surface area contributed by atoms with E-state index < -0.39 is 0 Å². The Morgan fingerprint density at radius 3 is 2.46 bits per heavy atom. The Balaban J connectivity index is 1.46. The highest BCUT2D eigenvalue weighted by atomic mass is 32.1. The van der Waals surface area contributed by atoms with E-state index in [1.807, 2.05) is 30.3 Å². The lowest BCUT2D eigenvalue weighted by atomic mass is 10.2. The number of rotatable bonds is 7. The molecule has 1 heterocycles. The maximum absolute atomic E-state index is 12.1. The van der Waals surface area contributed by atoms with Crippen LogP contribution in [0.3, 0.4) is 0 Å². The molecule has 3 rings (SSSR count). The number of aromatic nitrogens is 1. The van der Waals surface area contributed by atoms with Gasteiger partial charge in [-0.3, -0.25) is 14.9 Å². The number of carbonyl (C=O) groups is 2. The highest BCUT2D eigenvalue weighted by Crippen LogP contribution is 2.15. The van der Waals surface area contributed by atoms with E-state index >= 15 is 0 Å². The van der Waals surface area contributed by atoms with Gasteiger partial charge >= 0.3 is 0 Å². The van der Waals surface area contributed by atoms with Gasteiger partial charge in [0.25, 0.3) is 5.91 Å². The van der Waals surface area contributed by atoms with E-state index in [1.54, 1.807) is 35.8 Å². The van der Waals surface area contributed by atoms with Gasteiger partial charge in [0.1, 0.15) is 5.75 Å². The number of amides is 2. The molecule has 3 aromatic rings. The maximum Gasteiger partial charge on any atom is 0.257 e. The van der Waals surface area contributed by atoms with Gasteiger partial charge in [0.05, 0.1) is 13.0 Å². The summed E-state index contributed by atoms with van der Waals surface area (Å²) in [5, 5.41) is 7.82. The minimum atomic E-state index is -0.242. The maximum atomic E-state index is 12.1. The zero-order chi connectivity index (χ0) is 18.2. The molecule has 0 aliphatic carbocycles. The number of nitrogens with zero attached hydrogens (tertiary/aromatic N) is 1. The van der Waals surface area contributed by atoms with E-state index in [0.717, 1.165) is 5.75 Å². The number of ether oxygens (including phenoxy) is 1. The number of para-hydroxylation sites is 1. The van der Waals surface area contributed by atoms with Crippen LogP contribution in [0.1, 0.15) is 16.8 Å². The van der Waals surface area contributed by atoms with Crippen LogP contribution in [0.2, 0.25) is 0 Å². The Hall–Kier alpha value is -3.19. The Morgan fingerprint density at radius 1 is 1.00 bits per heavy atom. The Labute approximate surface area is 154 Å². The summed E-state index contributed by atoms with van der Waals surface area (Å²) in [5.41, 5.74) is 1.12. The summed E-state index contributed by atoms with van der Waals surface area (Å²) in [6.45, 7) is 0.296. The Kier molecular flexibility index (Phi) is 5.95. The van der Waals surface area contributed by atoms with Crippen LogP contribution in [0.25, 0.3) is 0 Å². The third kappa shape index (κ3) is 5.15. The topological polar surface area (TPSA) is 80.3 Å². The molecule has 0 atom stereocenters. The van der Waals surface area contributed by atoms with Crippen molar-refractivity contribution in [3.63, 3.8) is 0 Å². The lowest BCUT2D eigenvalue weighted by Crippen LogP contribution is -2.15. The van der Waals surface area contributed by atoms with Crippen LogP contribution < -0.4 is 15.4 Å². The zero-order valence-corrected chi connectivity index (χ0v) is 14.7. The molecule has 0 aliphatic heterocycles. The second-order valence-electron chi connectivity index (χ2n) is 5.33. The van der Waals surface area contributed by atoms with Crippen molar-refractivity contribution in [1.29, 1.82) is 0 Å². The fourth-order valence-electron chi connectivity index (χ4n) is 2.16. The Morgan fingerprint density at radius 2 is 1.77 bits per heavy atom. The molecule has 6 nitrogen and oxygen atoms in total. The summed E-state index contributed by atoms with van der Waals surface area (Å²) in [5.74, 6) is 0.339. The standard InChI is InChI=1S/C19H17N3O3S/c23-17(10-12-25-16-4-2-1-3-5-16)21-15-8-6-14(7-9-15)18(24)22-19-20-11-13-26-19/h1-9,11,13H,10,12H2,(H,21,23)(H,20,22,24). The molecule has 7 heteroatoms. The number of anilines is 2. The lowest BCUT2D eigenvalue weighted by molar-refractivity contribution is -0.116. The number of benzene rings is 2. The molecular formula is C19H17N3O3S. The first-order valence-electron chi connectivity index (χ1n) is 7.99. The first-order chi connectivity index (χ1) is 12.7. The van der Waals surface area contributed by atoms with Crippen LogP contribution in [0.15, 0.2) is 66.2 Å². The fraction of sp³-hybridized carbons (Fsp3) is 0.105. The molecule has 2 amide bonds. The van der Waals surface area contributed by atoms with Gasteiger partial charge < -0.3 is 10.1 Å². The molecule has 0 saturated carbocycles. The molecule has 0 aliphatic rings. The van der Waals surface area contributed by atoms with Gasteiger partial charge in [-0.25, -0.2) is 4.98 Å². The highest BCUT2D eigenvalue weighted by molar-refractivity contribution is 7.13. The van der Waals surface area contributed by atoms with Crippen molar-refractivity contribution in [2.45, 2.75) is 6.42 Å². The van der Waals surface area contributed by atoms with Crippen LogP contribution in [-0.2, 0) is 4.79 Å². The van der Waals surface area contributed by atoms with E-state index in [4.69, 9.17) is 4.74 Å². The van der Waals surface area contributed by atoms with E-state index in [2.05, 4.69) is 15.6 Å². The molecule has 0 radical (unpaired) electrons. The minimum Gasteiger partial charge on any atom is -0.493 e. The van der Waals surface area contributed by atoms with Crippen LogP contribution in [0, 0.1) is 0 Å². The molecule has 0 fully saturated rings. The largest absolute Gasteiger partial charge is 0.493 e. The normalized spacial score (nSPS) is 10.2. The third-order valence-electron chi connectivity index (χ3n) is 3.42. The van der Waals surface area contributed by atoms with Gasteiger partial charge in [0, 0.05) is 22.8 Å². The van der Waals surface area contributed by atoms with Gasteiger partial charge in [-0.1, -0.05) is 18.2 Å². The van der Waals surface area contributed by atoms with Gasteiger partial charge in [-0.2, -0.15) is 0 Å². The second kappa shape index (κ2) is 8.77. The van der Waals surface area contributed by atoms with Crippen molar-refractivity contribution in [3.8, 4) is 5.75 Å². The van der Waals surface area contributed by atoms with Crippen molar-refractivity contribution in [3.05, 3.63) is 71.7 Å². The van der Waals surface area contributed by atoms with Crippen molar-refractivity contribution < 1.29 is 14.3 Å². The second-order valence-corrected chi connectivity index (χ2v) is 6.22. The molecule has 2 N–H and O–H groups in total. The van der Waals surface area contributed by atoms with Crippen molar-refractivity contribution in [2.75, 3.05) is 17.2 Å². The first kappa shape index (κ1) is 17.6. The lowest BCUT2D eigenvalue weighted by Gasteiger charge is -2.08. The van der Waals surface area contributed by atoms with Crippen molar-refractivity contribution in [2.24, 2.45) is 0 Å². The number of nitrogens with one attached hydrogen (secondary N) is 2. The number of thiazole rings is 1. The molecule has 26 heavy (non-hydrogen) atoms. The van der Waals surface area contributed by atoms with Crippen LogP contribution >= 0.6 is 11.3 Å². The number of carbonyl (C=O) groups excluding carboxylic acids is 2. The van der Waals surface area contributed by atoms with Gasteiger partial charge in [-0.05, 0) is 36.4 Å². The van der Waals surface area contributed by atoms with E-state index in [0.29, 0.717) is 23.0 Å². The van der Waals surface area contributed by atoms with Gasteiger partial charge in [-0.15, -0.1) is 11.3 Å². The highest BCUT2D eigenvalue weighted by Gasteiger charge is 2.08. The van der Waals surface area contributed by atoms with Crippen LogP contribution in [-0.4, -0.2) is 23.4 Å². The molecule has 2 aromatic carbocycles. The van der Waals surface area contributed by atoms with Crippen LogP contribution in [0.4, 0.5) is 10.8 Å². The summed E-state index contributed by atoms with van der Waals surface area (Å²) in [6.07, 6.45) is 1.86. The summed E-state index contributed by atoms with van der Waals surface area (Å²) in [6, 6.07) is 16.0. The van der Waals surface area contributed by atoms with E-state index in [9.17, 15) is 9.59 Å². The Bertz CT molecular complexity index is 850.